The fourth-order valence-corrected chi connectivity index (χ4v) is 3.00. The third kappa shape index (κ3) is 5.35. The summed E-state index contributed by atoms with van der Waals surface area (Å²) in [5, 5.41) is 7.16. The van der Waals surface area contributed by atoms with E-state index in [-0.39, 0.29) is 6.03 Å². The fourth-order valence-electron chi connectivity index (χ4n) is 2.34. The van der Waals surface area contributed by atoms with Gasteiger partial charge in [0.2, 0.25) is 0 Å². The largest absolute Gasteiger partial charge is 0.336 e. The van der Waals surface area contributed by atoms with E-state index in [1.165, 1.54) is 5.56 Å². The molecule has 0 fully saturated rings. The Morgan fingerprint density at radius 3 is 2.71 bits per heavy atom. The Kier molecular flexibility index (Phi) is 6.81. The second kappa shape index (κ2) is 8.84. The van der Waals surface area contributed by atoms with Crippen molar-refractivity contribution in [1.82, 2.24) is 24.7 Å². The van der Waals surface area contributed by atoms with Gasteiger partial charge in [-0.1, -0.05) is 0 Å². The number of amides is 2. The normalized spacial score (nSPS) is 11.0. The van der Waals surface area contributed by atoms with Gasteiger partial charge in [0.15, 0.2) is 0 Å². The summed E-state index contributed by atoms with van der Waals surface area (Å²) in [6.45, 7) is 7.57. The first-order valence-corrected chi connectivity index (χ1v) is 9.08. The molecule has 0 aliphatic rings. The highest BCUT2D eigenvalue weighted by atomic mass is 32.1. The molecule has 2 aromatic heterocycles. The average Bonchev–Trinajstić information content (AvgIpc) is 3.16. The number of nitrogens with one attached hydrogen (secondary N) is 1. The van der Waals surface area contributed by atoms with Crippen LogP contribution in [0.1, 0.15) is 17.0 Å². The van der Waals surface area contributed by atoms with E-state index < -0.39 is 0 Å². The monoisotopic (exact) mass is 349 g/mol. The summed E-state index contributed by atoms with van der Waals surface area (Å²) in [7, 11) is 4.04. The number of thiophene rings is 1. The number of carbonyl (C=O) groups is 1. The van der Waals surface area contributed by atoms with Gasteiger partial charge in [0.05, 0.1) is 12.0 Å². The Morgan fingerprint density at radius 1 is 1.33 bits per heavy atom. The zero-order valence-corrected chi connectivity index (χ0v) is 15.8. The smallest absolute Gasteiger partial charge is 0.317 e. The van der Waals surface area contributed by atoms with Crippen LogP contribution < -0.4 is 5.32 Å². The van der Waals surface area contributed by atoms with Gasteiger partial charge in [-0.3, -0.25) is 0 Å². The second-order valence-electron chi connectivity index (χ2n) is 6.20. The molecular weight excluding hydrogens is 322 g/mol. The van der Waals surface area contributed by atoms with Crippen molar-refractivity contribution in [3.8, 4) is 0 Å². The number of carbonyl (C=O) groups excluding carboxylic acids is 1. The molecule has 0 aromatic carbocycles. The zero-order chi connectivity index (χ0) is 17.5. The molecule has 0 atom stereocenters. The van der Waals surface area contributed by atoms with Gasteiger partial charge in [-0.15, -0.1) is 0 Å². The third-order valence-corrected chi connectivity index (χ3v) is 4.76. The lowest BCUT2D eigenvalue weighted by molar-refractivity contribution is 0.188. The minimum absolute atomic E-state index is 0.0162. The summed E-state index contributed by atoms with van der Waals surface area (Å²) in [6.07, 6.45) is 1.83. The number of hydrogen-bond acceptors (Lipinski definition) is 4. The molecule has 2 rings (SSSR count). The minimum atomic E-state index is -0.0162. The molecule has 0 bridgehead atoms. The SMILES string of the molecule is Cc1ncn(CCNC(=O)N(CCN(C)C)Cc2ccsc2)c1C. The predicted octanol–water partition coefficient (Wildman–Crippen LogP) is 2.33. The molecule has 0 spiro atoms. The van der Waals surface area contributed by atoms with Crippen molar-refractivity contribution in [3.63, 3.8) is 0 Å². The molecule has 132 valence electrons. The maximum Gasteiger partial charge on any atom is 0.317 e. The van der Waals surface area contributed by atoms with Gasteiger partial charge in [-0.2, -0.15) is 11.3 Å². The number of rotatable bonds is 8. The molecule has 0 aliphatic carbocycles. The van der Waals surface area contributed by atoms with Crippen molar-refractivity contribution in [2.45, 2.75) is 26.9 Å². The van der Waals surface area contributed by atoms with E-state index in [1.807, 2.05) is 44.6 Å². The zero-order valence-electron chi connectivity index (χ0n) is 15.0. The van der Waals surface area contributed by atoms with Gasteiger partial charge in [0.1, 0.15) is 0 Å². The van der Waals surface area contributed by atoms with Gasteiger partial charge in [-0.05, 0) is 50.3 Å². The summed E-state index contributed by atoms with van der Waals surface area (Å²) >= 11 is 1.66. The van der Waals surface area contributed by atoms with Crippen molar-refractivity contribution in [3.05, 3.63) is 40.1 Å². The first-order valence-electron chi connectivity index (χ1n) is 8.14. The number of imidazole rings is 1. The minimum Gasteiger partial charge on any atom is -0.336 e. The average molecular weight is 350 g/mol. The van der Waals surface area contributed by atoms with Crippen LogP contribution in [-0.2, 0) is 13.1 Å². The standard InChI is InChI=1S/C17H27N5OS/c1-14-15(2)22(13-19-14)7-6-18-17(23)21(9-8-20(3)4)11-16-5-10-24-12-16/h5,10,12-13H,6-9,11H2,1-4H3,(H,18,23). The Balaban J connectivity index is 1.87. The second-order valence-corrected chi connectivity index (χ2v) is 6.98. The molecule has 7 heteroatoms. The van der Waals surface area contributed by atoms with E-state index in [1.54, 1.807) is 11.3 Å². The van der Waals surface area contributed by atoms with Crippen molar-refractivity contribution < 1.29 is 4.79 Å². The lowest BCUT2D eigenvalue weighted by atomic mass is 10.3. The van der Waals surface area contributed by atoms with Gasteiger partial charge in [-0.25, -0.2) is 9.78 Å². The van der Waals surface area contributed by atoms with Gasteiger partial charge in [0.25, 0.3) is 0 Å². The maximum absolute atomic E-state index is 12.5. The van der Waals surface area contributed by atoms with Crippen molar-refractivity contribution in [2.75, 3.05) is 33.7 Å². The first kappa shape index (κ1) is 18.5. The summed E-state index contributed by atoms with van der Waals surface area (Å²) in [5.41, 5.74) is 3.35. The van der Waals surface area contributed by atoms with E-state index in [9.17, 15) is 4.79 Å². The van der Waals surface area contributed by atoms with E-state index in [0.29, 0.717) is 19.6 Å². The van der Waals surface area contributed by atoms with E-state index in [4.69, 9.17) is 0 Å². The molecule has 24 heavy (non-hydrogen) atoms. The van der Waals surface area contributed by atoms with Crippen LogP contribution in [0.15, 0.2) is 23.2 Å². The van der Waals surface area contributed by atoms with Crippen LogP contribution in [0.25, 0.3) is 0 Å². The van der Waals surface area contributed by atoms with Crippen LogP contribution in [0, 0.1) is 13.8 Å². The molecule has 6 nitrogen and oxygen atoms in total. The molecule has 1 N–H and O–H groups in total. The first-order chi connectivity index (χ1) is 11.5. The van der Waals surface area contributed by atoms with E-state index >= 15 is 0 Å². The molecule has 2 aromatic rings. The molecule has 0 unspecified atom stereocenters. The van der Waals surface area contributed by atoms with Crippen LogP contribution in [0.2, 0.25) is 0 Å². The van der Waals surface area contributed by atoms with Crippen LogP contribution in [0.3, 0.4) is 0 Å². The number of hydrogen-bond donors (Lipinski definition) is 1. The number of urea groups is 1. The Morgan fingerprint density at radius 2 is 2.12 bits per heavy atom. The highest BCUT2D eigenvalue weighted by Crippen LogP contribution is 2.10. The molecule has 0 aliphatic heterocycles. The van der Waals surface area contributed by atoms with Crippen molar-refractivity contribution in [1.29, 1.82) is 0 Å². The lowest BCUT2D eigenvalue weighted by Crippen LogP contribution is -2.43. The molecule has 2 heterocycles. The molecular formula is C17H27N5OS. The number of nitrogens with zero attached hydrogens (tertiary/aromatic N) is 4. The van der Waals surface area contributed by atoms with E-state index in [0.717, 1.165) is 24.5 Å². The Bertz CT molecular complexity index is 635. The van der Waals surface area contributed by atoms with Gasteiger partial charge >= 0.3 is 6.03 Å². The highest BCUT2D eigenvalue weighted by molar-refractivity contribution is 7.07. The highest BCUT2D eigenvalue weighted by Gasteiger charge is 2.14. The topological polar surface area (TPSA) is 53.4 Å². The molecule has 0 saturated heterocycles. The molecule has 0 radical (unpaired) electrons. The lowest BCUT2D eigenvalue weighted by Gasteiger charge is -2.24. The number of aromatic nitrogens is 2. The van der Waals surface area contributed by atoms with Gasteiger partial charge < -0.3 is 19.7 Å². The third-order valence-electron chi connectivity index (χ3n) is 4.03. The Hall–Kier alpha value is -1.86. The van der Waals surface area contributed by atoms with Crippen molar-refractivity contribution >= 4 is 17.4 Å². The summed E-state index contributed by atoms with van der Waals surface area (Å²) in [5.74, 6) is 0. The van der Waals surface area contributed by atoms with Crippen LogP contribution in [-0.4, -0.2) is 59.1 Å². The summed E-state index contributed by atoms with van der Waals surface area (Å²) in [6, 6.07) is 2.05. The maximum atomic E-state index is 12.5. The Labute approximate surface area is 148 Å². The van der Waals surface area contributed by atoms with E-state index in [2.05, 4.69) is 31.2 Å². The van der Waals surface area contributed by atoms with Crippen LogP contribution in [0.5, 0.6) is 0 Å². The summed E-state index contributed by atoms with van der Waals surface area (Å²) in [4.78, 5) is 20.8. The van der Waals surface area contributed by atoms with Crippen molar-refractivity contribution in [2.24, 2.45) is 0 Å². The quantitative estimate of drug-likeness (QED) is 0.796. The predicted molar refractivity (Wildman–Crippen MR) is 98.4 cm³/mol. The molecule has 2 amide bonds. The van der Waals surface area contributed by atoms with Crippen LogP contribution in [0.4, 0.5) is 4.79 Å². The van der Waals surface area contributed by atoms with Crippen LogP contribution >= 0.6 is 11.3 Å². The fraction of sp³-hybridized carbons (Fsp3) is 0.529. The van der Waals surface area contributed by atoms with Gasteiger partial charge in [0, 0.05) is 38.4 Å². The number of aryl methyl sites for hydroxylation is 1. The number of likely N-dealkylation sites (N-methyl/N-ethyl adjacent to an activating group) is 1. The summed E-state index contributed by atoms with van der Waals surface area (Å²) < 4.78 is 2.07. The molecule has 0 saturated carbocycles.